The number of aromatic nitrogens is 1. The van der Waals surface area contributed by atoms with Gasteiger partial charge in [0.25, 0.3) is 0 Å². The van der Waals surface area contributed by atoms with Crippen molar-refractivity contribution in [2.24, 2.45) is 0 Å². The van der Waals surface area contributed by atoms with Gasteiger partial charge in [-0.15, -0.1) is 0 Å². The summed E-state index contributed by atoms with van der Waals surface area (Å²) in [6, 6.07) is 15.5. The number of ether oxygens (including phenoxy) is 3. The van der Waals surface area contributed by atoms with Crippen LogP contribution >= 0.6 is 0 Å². The van der Waals surface area contributed by atoms with Crippen LogP contribution in [0, 0.1) is 6.92 Å². The molecular formula is C17H13NO3. The molecule has 2 heterocycles. The number of nitrogens with zero attached hydrogens (tertiary/aromatic N) is 1. The Morgan fingerprint density at radius 2 is 1.86 bits per heavy atom. The summed E-state index contributed by atoms with van der Waals surface area (Å²) in [4.78, 5) is 4.53. The van der Waals surface area contributed by atoms with Gasteiger partial charge in [-0.1, -0.05) is 18.2 Å². The average Bonchev–Trinajstić information content (AvgIpc) is 2.95. The molecule has 0 atom stereocenters. The highest BCUT2D eigenvalue weighted by molar-refractivity contribution is 5.82. The summed E-state index contributed by atoms with van der Waals surface area (Å²) in [6.45, 7) is 2.31. The maximum atomic E-state index is 5.85. The molecule has 104 valence electrons. The van der Waals surface area contributed by atoms with Gasteiger partial charge in [-0.05, 0) is 30.7 Å². The zero-order valence-electron chi connectivity index (χ0n) is 11.5. The third kappa shape index (κ3) is 2.14. The first kappa shape index (κ1) is 12.0. The van der Waals surface area contributed by atoms with Gasteiger partial charge in [-0.2, -0.15) is 0 Å². The normalized spacial score (nSPS) is 12.6. The number of aryl methyl sites for hydroxylation is 1. The first-order valence-electron chi connectivity index (χ1n) is 6.73. The second kappa shape index (κ2) is 4.66. The smallest absolute Gasteiger partial charge is 0.231 e. The van der Waals surface area contributed by atoms with Crippen LogP contribution in [0.4, 0.5) is 0 Å². The minimum atomic E-state index is 0.256. The van der Waals surface area contributed by atoms with Crippen molar-refractivity contribution in [3.8, 4) is 23.1 Å². The van der Waals surface area contributed by atoms with E-state index in [-0.39, 0.29) is 6.79 Å². The van der Waals surface area contributed by atoms with Gasteiger partial charge in [0, 0.05) is 17.5 Å². The van der Waals surface area contributed by atoms with E-state index in [0.717, 1.165) is 22.2 Å². The summed E-state index contributed by atoms with van der Waals surface area (Å²) < 4.78 is 16.5. The molecule has 2 aromatic carbocycles. The highest BCUT2D eigenvalue weighted by Gasteiger charge is 2.14. The van der Waals surface area contributed by atoms with Crippen molar-refractivity contribution in [2.75, 3.05) is 6.79 Å². The van der Waals surface area contributed by atoms with Gasteiger partial charge in [0.15, 0.2) is 11.5 Å². The fourth-order valence-electron chi connectivity index (χ4n) is 2.43. The molecule has 0 aliphatic carbocycles. The summed E-state index contributed by atoms with van der Waals surface area (Å²) >= 11 is 0. The molecule has 4 heteroatoms. The van der Waals surface area contributed by atoms with Crippen LogP contribution in [0.15, 0.2) is 48.5 Å². The largest absolute Gasteiger partial charge is 0.454 e. The lowest BCUT2D eigenvalue weighted by Crippen LogP contribution is -1.93. The predicted molar refractivity (Wildman–Crippen MR) is 79.1 cm³/mol. The molecule has 1 aliphatic rings. The minimum Gasteiger partial charge on any atom is -0.454 e. The molecule has 0 radical (unpaired) electrons. The molecule has 1 aliphatic heterocycles. The second-order valence-electron chi connectivity index (χ2n) is 4.91. The molecule has 0 unspecified atom stereocenters. The van der Waals surface area contributed by atoms with E-state index >= 15 is 0 Å². The Morgan fingerprint density at radius 3 is 2.81 bits per heavy atom. The van der Waals surface area contributed by atoms with E-state index in [1.807, 2.05) is 42.5 Å². The van der Waals surface area contributed by atoms with Gasteiger partial charge in [-0.25, -0.2) is 4.98 Å². The molecule has 0 saturated heterocycles. The molecule has 0 saturated carbocycles. The second-order valence-corrected chi connectivity index (χ2v) is 4.91. The van der Waals surface area contributed by atoms with Crippen LogP contribution in [-0.4, -0.2) is 11.8 Å². The van der Waals surface area contributed by atoms with Crippen molar-refractivity contribution < 1.29 is 14.2 Å². The van der Waals surface area contributed by atoms with Crippen molar-refractivity contribution in [2.45, 2.75) is 6.92 Å². The number of para-hydroxylation sites is 1. The number of pyridine rings is 1. The van der Waals surface area contributed by atoms with Crippen molar-refractivity contribution in [1.82, 2.24) is 4.98 Å². The third-order valence-electron chi connectivity index (χ3n) is 3.47. The number of rotatable bonds is 2. The summed E-state index contributed by atoms with van der Waals surface area (Å²) in [5.41, 5.74) is 2.06. The minimum absolute atomic E-state index is 0.256. The monoisotopic (exact) mass is 279 g/mol. The fourth-order valence-corrected chi connectivity index (χ4v) is 2.43. The summed E-state index contributed by atoms with van der Waals surface area (Å²) in [5.74, 6) is 2.70. The Morgan fingerprint density at radius 1 is 1.00 bits per heavy atom. The van der Waals surface area contributed by atoms with Crippen LogP contribution < -0.4 is 14.2 Å². The number of hydrogen-bond acceptors (Lipinski definition) is 4. The molecule has 3 aromatic rings. The van der Waals surface area contributed by atoms with Gasteiger partial charge in [-0.3, -0.25) is 0 Å². The van der Waals surface area contributed by atoms with Gasteiger partial charge < -0.3 is 14.2 Å². The first-order valence-corrected chi connectivity index (χ1v) is 6.73. The zero-order chi connectivity index (χ0) is 14.2. The van der Waals surface area contributed by atoms with E-state index in [9.17, 15) is 0 Å². The predicted octanol–water partition coefficient (Wildman–Crippen LogP) is 4.06. The molecule has 4 rings (SSSR count). The summed E-state index contributed by atoms with van der Waals surface area (Å²) in [7, 11) is 0. The lowest BCUT2D eigenvalue weighted by molar-refractivity contribution is 0.174. The van der Waals surface area contributed by atoms with Gasteiger partial charge in [0.05, 0.1) is 5.52 Å². The van der Waals surface area contributed by atoms with E-state index in [1.165, 1.54) is 0 Å². The van der Waals surface area contributed by atoms with E-state index < -0.39 is 0 Å². The Balaban J connectivity index is 1.71. The lowest BCUT2D eigenvalue weighted by Gasteiger charge is -2.08. The molecule has 1 aromatic heterocycles. The SMILES string of the molecule is Cc1cc(Oc2ccc3c(c2)OCO3)nc2ccccc12. The fraction of sp³-hybridized carbons (Fsp3) is 0.118. The Labute approximate surface area is 121 Å². The first-order chi connectivity index (χ1) is 10.3. The summed E-state index contributed by atoms with van der Waals surface area (Å²) in [5, 5.41) is 1.13. The quantitative estimate of drug-likeness (QED) is 0.709. The van der Waals surface area contributed by atoms with Crippen LogP contribution in [0.1, 0.15) is 5.56 Å². The third-order valence-corrected chi connectivity index (χ3v) is 3.47. The van der Waals surface area contributed by atoms with Gasteiger partial charge in [0.2, 0.25) is 12.7 Å². The van der Waals surface area contributed by atoms with Crippen LogP contribution in [0.3, 0.4) is 0 Å². The van der Waals surface area contributed by atoms with Crippen molar-refractivity contribution in [1.29, 1.82) is 0 Å². The topological polar surface area (TPSA) is 40.6 Å². The van der Waals surface area contributed by atoms with Crippen LogP contribution in [0.2, 0.25) is 0 Å². The van der Waals surface area contributed by atoms with E-state index in [1.54, 1.807) is 0 Å². The zero-order valence-corrected chi connectivity index (χ0v) is 11.5. The van der Waals surface area contributed by atoms with Crippen molar-refractivity contribution in [3.63, 3.8) is 0 Å². The van der Waals surface area contributed by atoms with Crippen molar-refractivity contribution in [3.05, 3.63) is 54.1 Å². The Hall–Kier alpha value is -2.75. The van der Waals surface area contributed by atoms with Crippen LogP contribution in [0.25, 0.3) is 10.9 Å². The highest BCUT2D eigenvalue weighted by atomic mass is 16.7. The molecule has 0 bridgehead atoms. The van der Waals surface area contributed by atoms with Crippen molar-refractivity contribution >= 4 is 10.9 Å². The van der Waals surface area contributed by atoms with Crippen LogP contribution in [0.5, 0.6) is 23.1 Å². The molecule has 21 heavy (non-hydrogen) atoms. The highest BCUT2D eigenvalue weighted by Crippen LogP contribution is 2.36. The Kier molecular flexibility index (Phi) is 2.67. The number of hydrogen-bond donors (Lipinski definition) is 0. The lowest BCUT2D eigenvalue weighted by atomic mass is 10.1. The average molecular weight is 279 g/mol. The standard InChI is InChI=1S/C17H13NO3/c1-11-8-17(18-14-5-3-2-4-13(11)14)21-12-6-7-15-16(9-12)20-10-19-15/h2-9H,10H2,1H3. The van der Waals surface area contributed by atoms with Gasteiger partial charge in [0.1, 0.15) is 5.75 Å². The summed E-state index contributed by atoms with van der Waals surface area (Å²) in [6.07, 6.45) is 0. The molecule has 0 fully saturated rings. The maximum Gasteiger partial charge on any atom is 0.231 e. The van der Waals surface area contributed by atoms with Gasteiger partial charge >= 0.3 is 0 Å². The number of fused-ring (bicyclic) bond motifs is 2. The van der Waals surface area contributed by atoms with Crippen LogP contribution in [-0.2, 0) is 0 Å². The molecule has 0 amide bonds. The molecular weight excluding hydrogens is 266 g/mol. The molecule has 0 N–H and O–H groups in total. The Bertz CT molecular complexity index is 829. The maximum absolute atomic E-state index is 5.85. The molecule has 4 nitrogen and oxygen atoms in total. The number of benzene rings is 2. The van der Waals surface area contributed by atoms with E-state index in [4.69, 9.17) is 14.2 Å². The van der Waals surface area contributed by atoms with E-state index in [2.05, 4.69) is 18.0 Å². The van der Waals surface area contributed by atoms with E-state index in [0.29, 0.717) is 17.4 Å². The molecule has 0 spiro atoms.